The molecule has 2 atom stereocenters. The summed E-state index contributed by atoms with van der Waals surface area (Å²) in [5, 5.41) is 3.39. The monoisotopic (exact) mass is 227 g/mol. The molecule has 1 aliphatic heterocycles. The van der Waals surface area contributed by atoms with E-state index in [2.05, 4.69) is 26.2 Å². The van der Waals surface area contributed by atoms with E-state index >= 15 is 0 Å². The van der Waals surface area contributed by atoms with Gasteiger partial charge in [-0.15, -0.1) is 0 Å². The minimum absolute atomic E-state index is 0.137. The third-order valence-electron chi connectivity index (χ3n) is 3.81. The van der Waals surface area contributed by atoms with Crippen LogP contribution in [0.4, 0.5) is 0 Å². The van der Waals surface area contributed by atoms with Gasteiger partial charge in [-0.1, -0.05) is 39.0 Å². The van der Waals surface area contributed by atoms with Crippen LogP contribution in [0.25, 0.3) is 0 Å². The molecule has 1 saturated heterocycles. The van der Waals surface area contributed by atoms with Crippen molar-refractivity contribution in [1.29, 1.82) is 0 Å². The molecular weight excluding hydrogens is 198 g/mol. The minimum Gasteiger partial charge on any atom is -0.375 e. The zero-order valence-corrected chi connectivity index (χ0v) is 11.3. The van der Waals surface area contributed by atoms with E-state index in [1.807, 2.05) is 0 Å². The number of ether oxygens (including phenoxy) is 1. The van der Waals surface area contributed by atoms with Crippen molar-refractivity contribution in [1.82, 2.24) is 5.32 Å². The fourth-order valence-corrected chi connectivity index (χ4v) is 2.65. The zero-order valence-electron chi connectivity index (χ0n) is 11.3. The highest BCUT2D eigenvalue weighted by Crippen LogP contribution is 2.29. The molecular formula is C14H29NO. The van der Waals surface area contributed by atoms with Crippen molar-refractivity contribution in [3.05, 3.63) is 0 Å². The first-order chi connectivity index (χ1) is 7.70. The van der Waals surface area contributed by atoms with Gasteiger partial charge in [0.05, 0.1) is 5.60 Å². The highest BCUT2D eigenvalue weighted by molar-refractivity contribution is 4.85. The average molecular weight is 227 g/mol. The Labute approximate surface area is 101 Å². The van der Waals surface area contributed by atoms with Crippen LogP contribution < -0.4 is 5.32 Å². The predicted molar refractivity (Wildman–Crippen MR) is 69.8 cm³/mol. The second-order valence-corrected chi connectivity index (χ2v) is 5.44. The lowest BCUT2D eigenvalue weighted by Crippen LogP contribution is -2.44. The molecule has 0 aromatic heterocycles. The lowest BCUT2D eigenvalue weighted by atomic mass is 9.87. The normalized spacial score (nSPS) is 30.6. The van der Waals surface area contributed by atoms with Crippen LogP contribution in [0.2, 0.25) is 0 Å². The molecule has 16 heavy (non-hydrogen) atoms. The van der Waals surface area contributed by atoms with Crippen LogP contribution in [0, 0.1) is 0 Å². The number of nitrogens with one attached hydrogen (secondary N) is 1. The molecule has 1 fully saturated rings. The van der Waals surface area contributed by atoms with Gasteiger partial charge in [-0.25, -0.2) is 0 Å². The van der Waals surface area contributed by atoms with Gasteiger partial charge in [-0.2, -0.15) is 0 Å². The number of hydrogen-bond donors (Lipinski definition) is 1. The summed E-state index contributed by atoms with van der Waals surface area (Å²) >= 11 is 0. The Morgan fingerprint density at radius 1 is 1.25 bits per heavy atom. The van der Waals surface area contributed by atoms with Crippen molar-refractivity contribution in [2.24, 2.45) is 0 Å². The molecule has 2 nitrogen and oxygen atoms in total. The minimum atomic E-state index is 0.137. The molecule has 1 aliphatic rings. The maximum atomic E-state index is 5.96. The molecule has 1 N–H and O–H groups in total. The molecule has 2 unspecified atom stereocenters. The second-order valence-electron chi connectivity index (χ2n) is 5.44. The van der Waals surface area contributed by atoms with Crippen LogP contribution in [0.15, 0.2) is 0 Å². The number of unbranched alkanes of at least 4 members (excludes halogenated alkanes) is 4. The first-order valence-electron chi connectivity index (χ1n) is 7.01. The van der Waals surface area contributed by atoms with Gasteiger partial charge >= 0.3 is 0 Å². The molecule has 0 aliphatic carbocycles. The lowest BCUT2D eigenvalue weighted by Gasteiger charge is -2.38. The molecule has 2 heteroatoms. The maximum Gasteiger partial charge on any atom is 0.0669 e. The first-order valence-corrected chi connectivity index (χ1v) is 7.01. The summed E-state index contributed by atoms with van der Waals surface area (Å²) in [4.78, 5) is 0. The first kappa shape index (κ1) is 14.0. The van der Waals surface area contributed by atoms with Crippen LogP contribution >= 0.6 is 0 Å². The molecule has 0 aromatic rings. The van der Waals surface area contributed by atoms with E-state index in [0.29, 0.717) is 6.04 Å². The summed E-state index contributed by atoms with van der Waals surface area (Å²) in [5.74, 6) is 0. The SMILES string of the molecule is CCCCCCCC1(C)CC(NC)CCO1. The largest absolute Gasteiger partial charge is 0.375 e. The summed E-state index contributed by atoms with van der Waals surface area (Å²) in [6.45, 7) is 5.48. The van der Waals surface area contributed by atoms with Gasteiger partial charge in [-0.3, -0.25) is 0 Å². The van der Waals surface area contributed by atoms with Crippen LogP contribution in [0.3, 0.4) is 0 Å². The van der Waals surface area contributed by atoms with Gasteiger partial charge < -0.3 is 10.1 Å². The molecule has 0 spiro atoms. The highest BCUT2D eigenvalue weighted by Gasteiger charge is 2.31. The fourth-order valence-electron chi connectivity index (χ4n) is 2.65. The molecule has 1 rings (SSSR count). The van der Waals surface area contributed by atoms with Crippen LogP contribution in [0.1, 0.15) is 65.2 Å². The Hall–Kier alpha value is -0.0800. The van der Waals surface area contributed by atoms with Gasteiger partial charge in [0, 0.05) is 12.6 Å². The Morgan fingerprint density at radius 2 is 2.00 bits per heavy atom. The quantitative estimate of drug-likeness (QED) is 0.672. The topological polar surface area (TPSA) is 21.3 Å². The second kappa shape index (κ2) is 7.29. The van der Waals surface area contributed by atoms with E-state index in [0.717, 1.165) is 6.61 Å². The van der Waals surface area contributed by atoms with Gasteiger partial charge in [-0.05, 0) is 33.2 Å². The standard InChI is InChI=1S/C14H29NO/c1-4-5-6-7-8-10-14(2)12-13(15-3)9-11-16-14/h13,15H,4-12H2,1-3H3. The molecule has 0 bridgehead atoms. The fraction of sp³-hybridized carbons (Fsp3) is 1.00. The van der Waals surface area contributed by atoms with E-state index in [1.54, 1.807) is 0 Å². The zero-order chi connectivity index (χ0) is 11.9. The van der Waals surface area contributed by atoms with Crippen molar-refractivity contribution >= 4 is 0 Å². The lowest BCUT2D eigenvalue weighted by molar-refractivity contribution is -0.0811. The Kier molecular flexibility index (Phi) is 6.37. The average Bonchev–Trinajstić information content (AvgIpc) is 2.29. The summed E-state index contributed by atoms with van der Waals surface area (Å²) in [7, 11) is 2.07. The van der Waals surface area contributed by atoms with Crippen molar-refractivity contribution in [3.8, 4) is 0 Å². The van der Waals surface area contributed by atoms with E-state index in [1.165, 1.54) is 51.4 Å². The van der Waals surface area contributed by atoms with Gasteiger partial charge in [0.15, 0.2) is 0 Å². The predicted octanol–water partition coefficient (Wildman–Crippen LogP) is 3.50. The third-order valence-corrected chi connectivity index (χ3v) is 3.81. The summed E-state index contributed by atoms with van der Waals surface area (Å²) in [6.07, 6.45) is 10.4. The summed E-state index contributed by atoms with van der Waals surface area (Å²) in [5.41, 5.74) is 0.137. The van der Waals surface area contributed by atoms with Crippen molar-refractivity contribution in [2.45, 2.75) is 76.9 Å². The van der Waals surface area contributed by atoms with E-state index in [9.17, 15) is 0 Å². The van der Waals surface area contributed by atoms with E-state index in [-0.39, 0.29) is 5.60 Å². The van der Waals surface area contributed by atoms with Crippen molar-refractivity contribution in [2.75, 3.05) is 13.7 Å². The Morgan fingerprint density at radius 3 is 2.69 bits per heavy atom. The third kappa shape index (κ3) is 4.84. The molecule has 96 valence electrons. The van der Waals surface area contributed by atoms with E-state index in [4.69, 9.17) is 4.74 Å². The van der Waals surface area contributed by atoms with Gasteiger partial charge in [0.1, 0.15) is 0 Å². The smallest absolute Gasteiger partial charge is 0.0669 e. The van der Waals surface area contributed by atoms with Gasteiger partial charge in [0.25, 0.3) is 0 Å². The number of hydrogen-bond acceptors (Lipinski definition) is 2. The summed E-state index contributed by atoms with van der Waals surface area (Å²) in [6, 6.07) is 0.661. The van der Waals surface area contributed by atoms with Crippen LogP contribution in [-0.2, 0) is 4.74 Å². The maximum absolute atomic E-state index is 5.96. The highest BCUT2D eigenvalue weighted by atomic mass is 16.5. The van der Waals surface area contributed by atoms with Crippen molar-refractivity contribution in [3.63, 3.8) is 0 Å². The summed E-state index contributed by atoms with van der Waals surface area (Å²) < 4.78 is 5.96. The molecule has 1 heterocycles. The van der Waals surface area contributed by atoms with Crippen molar-refractivity contribution < 1.29 is 4.74 Å². The molecule has 0 saturated carbocycles. The Balaban J connectivity index is 2.17. The van der Waals surface area contributed by atoms with Gasteiger partial charge in [0.2, 0.25) is 0 Å². The number of rotatable bonds is 7. The Bertz CT molecular complexity index is 184. The molecule has 0 aromatic carbocycles. The van der Waals surface area contributed by atoms with E-state index < -0.39 is 0 Å². The van der Waals surface area contributed by atoms with Crippen LogP contribution in [0.5, 0.6) is 0 Å². The van der Waals surface area contributed by atoms with Crippen LogP contribution in [-0.4, -0.2) is 25.3 Å². The molecule has 0 radical (unpaired) electrons. The molecule has 0 amide bonds.